The molecule has 2 atom stereocenters. The van der Waals surface area contributed by atoms with Crippen molar-refractivity contribution in [3.05, 3.63) is 59.4 Å². The van der Waals surface area contributed by atoms with Crippen LogP contribution >= 0.6 is 11.8 Å². The maximum Gasteiger partial charge on any atom is 0.123 e. The molecule has 1 aliphatic carbocycles. The smallest absolute Gasteiger partial charge is 0.123 e. The molecule has 2 unspecified atom stereocenters. The van der Waals surface area contributed by atoms with E-state index in [0.29, 0.717) is 5.25 Å². The molecule has 0 aromatic heterocycles. The first-order valence-electron chi connectivity index (χ1n) is 6.97. The Kier molecular flexibility index (Phi) is 4.17. The minimum atomic E-state index is -0.191. The number of fused-ring (bicyclic) bond motifs is 1. The van der Waals surface area contributed by atoms with Gasteiger partial charge in [0.15, 0.2) is 0 Å². The van der Waals surface area contributed by atoms with E-state index >= 15 is 0 Å². The first-order chi connectivity index (χ1) is 10.2. The highest BCUT2D eigenvalue weighted by Gasteiger charge is 2.32. The van der Waals surface area contributed by atoms with Gasteiger partial charge in [0, 0.05) is 16.2 Å². The first kappa shape index (κ1) is 14.4. The monoisotopic (exact) mass is 303 g/mol. The van der Waals surface area contributed by atoms with Crippen molar-refractivity contribution in [2.24, 2.45) is 0 Å². The summed E-state index contributed by atoms with van der Waals surface area (Å²) >= 11 is 1.79. The summed E-state index contributed by atoms with van der Waals surface area (Å²) in [7, 11) is 3.67. The average Bonchev–Trinajstić information content (AvgIpc) is 2.85. The van der Waals surface area contributed by atoms with Gasteiger partial charge in [-0.3, -0.25) is 0 Å². The Labute approximate surface area is 128 Å². The van der Waals surface area contributed by atoms with Crippen molar-refractivity contribution in [3.63, 3.8) is 0 Å². The molecule has 1 N–H and O–H groups in total. The zero-order chi connectivity index (χ0) is 14.8. The molecule has 110 valence electrons. The predicted molar refractivity (Wildman–Crippen MR) is 84.5 cm³/mol. The van der Waals surface area contributed by atoms with Crippen molar-refractivity contribution in [2.45, 2.75) is 22.6 Å². The second kappa shape index (κ2) is 6.08. The molecular weight excluding hydrogens is 285 g/mol. The van der Waals surface area contributed by atoms with E-state index < -0.39 is 0 Å². The molecule has 2 aromatic carbocycles. The molecule has 0 radical (unpaired) electrons. The van der Waals surface area contributed by atoms with Crippen LogP contribution in [0.25, 0.3) is 0 Å². The van der Waals surface area contributed by atoms with Crippen molar-refractivity contribution < 1.29 is 9.13 Å². The van der Waals surface area contributed by atoms with Crippen LogP contribution in [-0.4, -0.2) is 19.4 Å². The number of hydrogen-bond acceptors (Lipinski definition) is 3. The molecule has 0 amide bonds. The van der Waals surface area contributed by atoms with Gasteiger partial charge < -0.3 is 10.1 Å². The maximum absolute atomic E-state index is 13.0. The normalized spacial score (nSPS) is 20.3. The Balaban J connectivity index is 1.83. The average molecular weight is 303 g/mol. The fourth-order valence-electron chi connectivity index (χ4n) is 2.85. The van der Waals surface area contributed by atoms with E-state index in [0.717, 1.165) is 17.1 Å². The SMILES string of the molecule is CNC1c2cc(OC)ccc2CC1Sc1ccc(F)cc1. The summed E-state index contributed by atoms with van der Waals surface area (Å²) in [6.45, 7) is 0. The Morgan fingerprint density at radius 2 is 1.95 bits per heavy atom. The van der Waals surface area contributed by atoms with E-state index in [2.05, 4.69) is 17.4 Å². The van der Waals surface area contributed by atoms with Gasteiger partial charge in [0.1, 0.15) is 11.6 Å². The summed E-state index contributed by atoms with van der Waals surface area (Å²) in [5.74, 6) is 0.699. The molecule has 0 aliphatic heterocycles. The highest BCUT2D eigenvalue weighted by Crippen LogP contribution is 2.42. The number of nitrogens with one attached hydrogen (secondary N) is 1. The van der Waals surface area contributed by atoms with Crippen LogP contribution in [0.15, 0.2) is 47.4 Å². The lowest BCUT2D eigenvalue weighted by Gasteiger charge is -2.19. The summed E-state index contributed by atoms with van der Waals surface area (Å²) in [5, 5.41) is 3.81. The lowest BCUT2D eigenvalue weighted by Crippen LogP contribution is -2.23. The maximum atomic E-state index is 13.0. The topological polar surface area (TPSA) is 21.3 Å². The second-order valence-corrected chi connectivity index (χ2v) is 6.46. The largest absolute Gasteiger partial charge is 0.497 e. The molecule has 0 fully saturated rings. The summed E-state index contributed by atoms with van der Waals surface area (Å²) in [5.41, 5.74) is 2.66. The minimum Gasteiger partial charge on any atom is -0.497 e. The highest BCUT2D eigenvalue weighted by atomic mass is 32.2. The Bertz CT molecular complexity index is 629. The van der Waals surface area contributed by atoms with Crippen LogP contribution in [0.5, 0.6) is 5.75 Å². The molecule has 0 bridgehead atoms. The van der Waals surface area contributed by atoms with Gasteiger partial charge >= 0.3 is 0 Å². The Morgan fingerprint density at radius 3 is 2.62 bits per heavy atom. The number of halogens is 1. The number of benzene rings is 2. The summed E-state index contributed by atoms with van der Waals surface area (Å²) in [4.78, 5) is 1.10. The molecule has 2 nitrogen and oxygen atoms in total. The van der Waals surface area contributed by atoms with Gasteiger partial charge in [-0.2, -0.15) is 0 Å². The number of methoxy groups -OCH3 is 1. The summed E-state index contributed by atoms with van der Waals surface area (Å²) < 4.78 is 18.3. The van der Waals surface area contributed by atoms with Crippen LogP contribution in [0.4, 0.5) is 4.39 Å². The van der Waals surface area contributed by atoms with Gasteiger partial charge in [-0.05, 0) is 61.0 Å². The van der Waals surface area contributed by atoms with Crippen molar-refractivity contribution in [1.29, 1.82) is 0 Å². The third-order valence-electron chi connectivity index (χ3n) is 3.89. The highest BCUT2D eigenvalue weighted by molar-refractivity contribution is 8.00. The molecular formula is C17H18FNOS. The Hall–Kier alpha value is -1.52. The summed E-state index contributed by atoms with van der Waals surface area (Å²) in [6, 6.07) is 13.3. The molecule has 3 rings (SSSR count). The van der Waals surface area contributed by atoms with Gasteiger partial charge in [0.2, 0.25) is 0 Å². The quantitative estimate of drug-likeness (QED) is 0.928. The second-order valence-electron chi connectivity index (χ2n) is 5.15. The van der Waals surface area contributed by atoms with Crippen molar-refractivity contribution in [1.82, 2.24) is 5.32 Å². The van der Waals surface area contributed by atoms with Crippen LogP contribution in [-0.2, 0) is 6.42 Å². The van der Waals surface area contributed by atoms with E-state index in [1.165, 1.54) is 23.3 Å². The third kappa shape index (κ3) is 2.92. The molecule has 4 heteroatoms. The third-order valence-corrected chi connectivity index (χ3v) is 5.18. The Morgan fingerprint density at radius 1 is 1.19 bits per heavy atom. The van der Waals surface area contributed by atoms with E-state index in [9.17, 15) is 4.39 Å². The zero-order valence-electron chi connectivity index (χ0n) is 12.1. The molecule has 0 saturated carbocycles. The number of hydrogen-bond donors (Lipinski definition) is 1. The summed E-state index contributed by atoms with van der Waals surface area (Å²) in [6.07, 6.45) is 1.01. The molecule has 2 aromatic rings. The fourth-order valence-corrected chi connectivity index (χ4v) is 4.17. The van der Waals surface area contributed by atoms with Crippen molar-refractivity contribution >= 4 is 11.8 Å². The molecule has 1 aliphatic rings. The number of ether oxygens (including phenoxy) is 1. The molecule has 0 spiro atoms. The van der Waals surface area contributed by atoms with Gasteiger partial charge in [-0.15, -0.1) is 11.8 Å². The lowest BCUT2D eigenvalue weighted by atomic mass is 10.1. The molecule has 0 heterocycles. The first-order valence-corrected chi connectivity index (χ1v) is 7.85. The van der Waals surface area contributed by atoms with E-state index in [-0.39, 0.29) is 11.9 Å². The van der Waals surface area contributed by atoms with Gasteiger partial charge in [-0.1, -0.05) is 6.07 Å². The van der Waals surface area contributed by atoms with Crippen LogP contribution in [0.1, 0.15) is 17.2 Å². The number of thioether (sulfide) groups is 1. The van der Waals surface area contributed by atoms with Gasteiger partial charge in [0.05, 0.1) is 7.11 Å². The standard InChI is InChI=1S/C17H18FNOS/c1-19-17-15-10-13(20-2)6-3-11(15)9-16(17)21-14-7-4-12(18)5-8-14/h3-8,10,16-17,19H,9H2,1-2H3. The van der Waals surface area contributed by atoms with Crippen LogP contribution in [0.3, 0.4) is 0 Å². The van der Waals surface area contributed by atoms with E-state index in [1.54, 1.807) is 18.9 Å². The van der Waals surface area contributed by atoms with Crippen molar-refractivity contribution in [2.75, 3.05) is 14.2 Å². The van der Waals surface area contributed by atoms with E-state index in [1.807, 2.05) is 25.2 Å². The zero-order valence-corrected chi connectivity index (χ0v) is 12.9. The van der Waals surface area contributed by atoms with E-state index in [4.69, 9.17) is 4.74 Å². The number of rotatable bonds is 4. The minimum absolute atomic E-state index is 0.191. The fraction of sp³-hybridized carbons (Fsp3) is 0.294. The molecule has 0 saturated heterocycles. The van der Waals surface area contributed by atoms with Gasteiger partial charge in [0.25, 0.3) is 0 Å². The van der Waals surface area contributed by atoms with Crippen LogP contribution < -0.4 is 10.1 Å². The lowest BCUT2D eigenvalue weighted by molar-refractivity contribution is 0.413. The van der Waals surface area contributed by atoms with Gasteiger partial charge in [-0.25, -0.2) is 4.39 Å². The molecule has 21 heavy (non-hydrogen) atoms. The van der Waals surface area contributed by atoms with Crippen molar-refractivity contribution in [3.8, 4) is 5.75 Å². The van der Waals surface area contributed by atoms with Crippen LogP contribution in [0, 0.1) is 5.82 Å². The predicted octanol–water partition coefficient (Wildman–Crippen LogP) is 3.81. The van der Waals surface area contributed by atoms with Crippen LogP contribution in [0.2, 0.25) is 0 Å².